The topological polar surface area (TPSA) is 195 Å². The van der Waals surface area contributed by atoms with Crippen molar-refractivity contribution < 1.29 is 74.7 Å². The van der Waals surface area contributed by atoms with Crippen LogP contribution in [0.2, 0.25) is 0 Å². The number of hydrogen-bond acceptors (Lipinski definition) is 16. The summed E-state index contributed by atoms with van der Waals surface area (Å²) in [5.41, 5.74) is -1.01. The van der Waals surface area contributed by atoms with Crippen LogP contribution < -0.4 is 0 Å². The van der Waals surface area contributed by atoms with Crippen molar-refractivity contribution in [2.45, 2.75) is 52.1 Å². The molecule has 4 aromatic rings. The predicted octanol–water partition coefficient (Wildman–Crippen LogP) is 4.95. The monoisotopic (exact) mass is 744 g/mol. The van der Waals surface area contributed by atoms with E-state index in [1.807, 2.05) is 0 Å². The molecule has 0 aliphatic heterocycles. The van der Waals surface area contributed by atoms with Gasteiger partial charge >= 0.3 is 23.9 Å². The van der Waals surface area contributed by atoms with Gasteiger partial charge in [0, 0.05) is 0 Å². The van der Waals surface area contributed by atoms with Crippen molar-refractivity contribution in [3.63, 3.8) is 0 Å². The molecule has 0 aliphatic carbocycles. The van der Waals surface area contributed by atoms with Gasteiger partial charge in [0.1, 0.15) is 49.5 Å². The molecule has 4 rings (SSSR count). The molecule has 0 N–H and O–H groups in total. The minimum Gasteiger partial charge on any atom is -0.466 e. The Bertz CT molecular complexity index is 1320. The number of esters is 4. The van der Waals surface area contributed by atoms with Crippen molar-refractivity contribution in [1.29, 1.82) is 0 Å². The van der Waals surface area contributed by atoms with E-state index in [9.17, 15) is 19.2 Å². The standard InChI is InChI=1S/C37H44O16/c38-33(50-21-29-5-1-13-46-29)9-17-42-25-37(26-43-18-10-34(39)51-22-30-6-2-14-47-30,27-44-19-11-35(40)52-23-31-7-3-15-48-31)28-45-20-12-36(41)53-24-32-8-4-16-49-32/h1-8,13-16H,9-12,17-28H2. The van der Waals surface area contributed by atoms with Crippen molar-refractivity contribution in [3.8, 4) is 0 Å². The molecule has 0 saturated heterocycles. The van der Waals surface area contributed by atoms with Crippen LogP contribution in [0.15, 0.2) is 91.3 Å². The lowest BCUT2D eigenvalue weighted by Crippen LogP contribution is -2.42. The van der Waals surface area contributed by atoms with Crippen LogP contribution >= 0.6 is 0 Å². The molecule has 0 spiro atoms. The van der Waals surface area contributed by atoms with Gasteiger partial charge < -0.3 is 55.6 Å². The molecule has 16 nitrogen and oxygen atoms in total. The Morgan fingerprint density at radius 2 is 0.660 bits per heavy atom. The van der Waals surface area contributed by atoms with Gasteiger partial charge in [0.15, 0.2) is 0 Å². The van der Waals surface area contributed by atoms with Gasteiger partial charge in [-0.1, -0.05) is 0 Å². The van der Waals surface area contributed by atoms with Gasteiger partial charge in [0.25, 0.3) is 0 Å². The minimum absolute atomic E-state index is 0.00392. The van der Waals surface area contributed by atoms with E-state index in [-0.39, 0.29) is 105 Å². The number of carbonyl (C=O) groups is 4. The Labute approximate surface area is 305 Å². The van der Waals surface area contributed by atoms with E-state index in [0.29, 0.717) is 23.0 Å². The largest absolute Gasteiger partial charge is 0.466 e. The molecule has 288 valence electrons. The average Bonchev–Trinajstić information content (AvgIpc) is 4.01. The Kier molecular flexibility index (Phi) is 17.9. The minimum atomic E-state index is -1.01. The fourth-order valence-electron chi connectivity index (χ4n) is 4.50. The molecule has 4 aromatic heterocycles. The van der Waals surface area contributed by atoms with Crippen molar-refractivity contribution in [3.05, 3.63) is 96.6 Å². The van der Waals surface area contributed by atoms with Crippen LogP contribution in [0, 0.1) is 5.41 Å². The van der Waals surface area contributed by atoms with E-state index in [0.717, 1.165) is 0 Å². The van der Waals surface area contributed by atoms with E-state index < -0.39 is 29.3 Å². The predicted molar refractivity (Wildman–Crippen MR) is 178 cm³/mol. The number of rotatable bonds is 28. The van der Waals surface area contributed by atoms with Gasteiger partial charge in [-0.25, -0.2) is 0 Å². The maximum atomic E-state index is 12.3. The van der Waals surface area contributed by atoms with Crippen LogP contribution in [-0.2, 0) is 83.5 Å². The first-order valence-electron chi connectivity index (χ1n) is 16.9. The number of carbonyl (C=O) groups excluding carboxylic acids is 4. The van der Waals surface area contributed by atoms with Crippen LogP contribution in [0.25, 0.3) is 0 Å². The summed E-state index contributed by atoms with van der Waals surface area (Å²) in [5.74, 6) is 0.0341. The van der Waals surface area contributed by atoms with Gasteiger partial charge in [-0.3, -0.25) is 19.2 Å². The summed E-state index contributed by atoms with van der Waals surface area (Å²) in [5, 5.41) is 0. The molecule has 0 fully saturated rings. The Morgan fingerprint density at radius 1 is 0.415 bits per heavy atom. The highest BCUT2D eigenvalue weighted by molar-refractivity contribution is 5.70. The van der Waals surface area contributed by atoms with Gasteiger partial charge in [0.05, 0.1) is 109 Å². The molecule has 0 unspecified atom stereocenters. The molecule has 53 heavy (non-hydrogen) atoms. The van der Waals surface area contributed by atoms with Gasteiger partial charge in [0.2, 0.25) is 0 Å². The second-order valence-electron chi connectivity index (χ2n) is 11.7. The van der Waals surface area contributed by atoms with E-state index in [1.54, 1.807) is 48.5 Å². The highest BCUT2D eigenvalue weighted by atomic mass is 16.6. The van der Waals surface area contributed by atoms with E-state index >= 15 is 0 Å². The second-order valence-corrected chi connectivity index (χ2v) is 11.7. The molecule has 0 saturated carbocycles. The maximum Gasteiger partial charge on any atom is 0.308 e. The quantitative estimate of drug-likeness (QED) is 0.0430. The van der Waals surface area contributed by atoms with Crippen LogP contribution in [0.5, 0.6) is 0 Å². The van der Waals surface area contributed by atoms with Crippen LogP contribution in [-0.4, -0.2) is 76.7 Å². The molecule has 0 amide bonds. The molecule has 0 atom stereocenters. The molecule has 0 bridgehead atoms. The normalized spacial score (nSPS) is 11.3. The smallest absolute Gasteiger partial charge is 0.308 e. The third-order valence-corrected chi connectivity index (χ3v) is 7.26. The zero-order chi connectivity index (χ0) is 37.4. The SMILES string of the molecule is O=C(CCOCC(COCCC(=O)OCc1ccco1)(COCCC(=O)OCc1ccco1)COCCC(=O)OCc1ccco1)OCc1ccco1. The van der Waals surface area contributed by atoms with E-state index in [1.165, 1.54) is 25.1 Å². The maximum absolute atomic E-state index is 12.3. The van der Waals surface area contributed by atoms with Gasteiger partial charge in [-0.05, 0) is 48.5 Å². The van der Waals surface area contributed by atoms with Gasteiger partial charge in [-0.15, -0.1) is 0 Å². The molecular formula is C37H44O16. The second kappa shape index (κ2) is 23.4. The van der Waals surface area contributed by atoms with E-state index in [2.05, 4.69) is 0 Å². The first-order valence-corrected chi connectivity index (χ1v) is 16.9. The third-order valence-electron chi connectivity index (χ3n) is 7.26. The lowest BCUT2D eigenvalue weighted by atomic mass is 9.92. The summed E-state index contributed by atoms with van der Waals surface area (Å²) < 4.78 is 65.2. The van der Waals surface area contributed by atoms with Crippen molar-refractivity contribution in [1.82, 2.24) is 0 Å². The third kappa shape index (κ3) is 16.8. The highest BCUT2D eigenvalue weighted by Gasteiger charge is 2.33. The summed E-state index contributed by atoms with van der Waals surface area (Å²) in [4.78, 5) is 49.2. The fourth-order valence-corrected chi connectivity index (χ4v) is 4.50. The summed E-state index contributed by atoms with van der Waals surface area (Å²) in [7, 11) is 0. The van der Waals surface area contributed by atoms with Crippen LogP contribution in [0.1, 0.15) is 48.7 Å². The Balaban J connectivity index is 1.30. The van der Waals surface area contributed by atoms with Crippen molar-refractivity contribution in [2.24, 2.45) is 5.41 Å². The lowest BCUT2D eigenvalue weighted by Gasteiger charge is -2.33. The Hall–Kier alpha value is -5.16. The molecule has 0 aliphatic rings. The average molecular weight is 745 g/mol. The summed E-state index contributed by atoms with van der Waals surface area (Å²) in [6.07, 6.45) is 5.72. The number of ether oxygens (including phenoxy) is 8. The van der Waals surface area contributed by atoms with Crippen molar-refractivity contribution in [2.75, 3.05) is 52.9 Å². The summed E-state index contributed by atoms with van der Waals surface area (Å²) >= 11 is 0. The van der Waals surface area contributed by atoms with Crippen LogP contribution in [0.4, 0.5) is 0 Å². The molecule has 0 aromatic carbocycles. The Morgan fingerprint density at radius 3 is 0.868 bits per heavy atom. The van der Waals surface area contributed by atoms with Crippen molar-refractivity contribution >= 4 is 23.9 Å². The first-order chi connectivity index (χ1) is 25.9. The highest BCUT2D eigenvalue weighted by Crippen LogP contribution is 2.22. The fraction of sp³-hybridized carbons (Fsp3) is 0.459. The number of furan rings is 4. The zero-order valence-corrected chi connectivity index (χ0v) is 29.3. The van der Waals surface area contributed by atoms with Gasteiger partial charge in [-0.2, -0.15) is 0 Å². The number of hydrogen-bond donors (Lipinski definition) is 0. The van der Waals surface area contributed by atoms with E-state index in [4.69, 9.17) is 55.6 Å². The summed E-state index contributed by atoms with van der Waals surface area (Å²) in [6, 6.07) is 13.5. The lowest BCUT2D eigenvalue weighted by molar-refractivity contribution is -0.150. The molecule has 0 radical (unpaired) electrons. The van der Waals surface area contributed by atoms with Crippen LogP contribution in [0.3, 0.4) is 0 Å². The molecule has 4 heterocycles. The molecule has 16 heteroatoms. The first kappa shape index (κ1) is 40.6. The molecular weight excluding hydrogens is 700 g/mol. The summed E-state index contributed by atoms with van der Waals surface area (Å²) in [6.45, 7) is -0.141. The zero-order valence-electron chi connectivity index (χ0n) is 29.3.